The number of rotatable bonds is 3. The summed E-state index contributed by atoms with van der Waals surface area (Å²) in [6.07, 6.45) is 8.33. The number of allylic oxidation sites excluding steroid dienone is 1. The smallest absolute Gasteiger partial charge is 0.185 e. The monoisotopic (exact) mass is 403 g/mol. The maximum absolute atomic E-state index is 15.3. The number of aromatic nitrogens is 4. The predicted molar refractivity (Wildman–Crippen MR) is 113 cm³/mol. The van der Waals surface area contributed by atoms with Gasteiger partial charge in [0.05, 0.1) is 17.3 Å². The average Bonchev–Trinajstić information content (AvgIpc) is 3.02. The molecule has 7 heteroatoms. The molecule has 4 heterocycles. The first kappa shape index (κ1) is 18.8. The van der Waals surface area contributed by atoms with Gasteiger partial charge in [0.1, 0.15) is 17.6 Å². The molecule has 0 spiro atoms. The number of phenolic OH excluding ortho intramolecular Hbond substituents is 1. The molecule has 2 aliphatic rings. The van der Waals surface area contributed by atoms with Gasteiger partial charge in [0, 0.05) is 29.2 Å². The normalized spacial score (nSPS) is 30.0. The van der Waals surface area contributed by atoms with E-state index in [-0.39, 0.29) is 17.2 Å². The molecule has 0 amide bonds. The van der Waals surface area contributed by atoms with E-state index in [9.17, 15) is 5.11 Å². The van der Waals surface area contributed by atoms with Gasteiger partial charge >= 0.3 is 0 Å². The van der Waals surface area contributed by atoms with Crippen LogP contribution in [0.2, 0.25) is 0 Å². The molecule has 2 aliphatic heterocycles. The molecule has 152 valence electrons. The number of hydrogen-bond donors (Lipinski definition) is 2. The van der Waals surface area contributed by atoms with Crippen LogP contribution in [0.25, 0.3) is 27.7 Å². The molecule has 0 saturated carbocycles. The molecule has 1 saturated heterocycles. The maximum atomic E-state index is 15.3. The van der Waals surface area contributed by atoms with Crippen molar-refractivity contribution in [2.24, 2.45) is 5.92 Å². The third-order valence-corrected chi connectivity index (χ3v) is 6.26. The van der Waals surface area contributed by atoms with Gasteiger partial charge in [-0.3, -0.25) is 10.3 Å². The first-order chi connectivity index (χ1) is 14.3. The highest BCUT2D eigenvalue weighted by atomic mass is 19.1. The number of alkyl halides is 1. The lowest BCUT2D eigenvalue weighted by Crippen LogP contribution is -2.61. The van der Waals surface area contributed by atoms with Gasteiger partial charge in [-0.05, 0) is 49.4 Å². The molecule has 3 aromatic rings. The van der Waals surface area contributed by atoms with Crippen molar-refractivity contribution in [3.05, 3.63) is 61.2 Å². The summed E-state index contributed by atoms with van der Waals surface area (Å²) in [5.74, 6) is -0.0418. The van der Waals surface area contributed by atoms with Gasteiger partial charge in [-0.1, -0.05) is 18.7 Å². The maximum Gasteiger partial charge on any atom is 0.185 e. The fourth-order valence-corrected chi connectivity index (χ4v) is 4.65. The molecule has 6 nitrogen and oxygen atoms in total. The van der Waals surface area contributed by atoms with Crippen LogP contribution < -0.4 is 5.32 Å². The summed E-state index contributed by atoms with van der Waals surface area (Å²) in [7, 11) is 0. The van der Waals surface area contributed by atoms with Crippen molar-refractivity contribution in [2.75, 3.05) is 0 Å². The molecule has 2 aromatic heterocycles. The van der Waals surface area contributed by atoms with Crippen molar-refractivity contribution in [3.63, 3.8) is 0 Å². The summed E-state index contributed by atoms with van der Waals surface area (Å²) in [5.41, 5.74) is 0.547. The second kappa shape index (κ2) is 6.40. The van der Waals surface area contributed by atoms with Crippen molar-refractivity contribution in [2.45, 2.75) is 37.5 Å². The van der Waals surface area contributed by atoms with Crippen molar-refractivity contribution in [3.8, 4) is 17.1 Å². The Hall–Kier alpha value is -3.19. The summed E-state index contributed by atoms with van der Waals surface area (Å²) < 4.78 is 15.3. The standard InChI is InChI=1S/C23H22FN5O/c1-13(17-10-22(2)5-6-23(3,29-22)20(17)24)18-12-26-21(28-27-18)16-8-14-4-7-25-11-15(14)9-19(16)30/h4-9,11-12,17,20,29-30H,1,10H2,2-3H3/t17-,20-,22+,23-/m1/s1. The van der Waals surface area contributed by atoms with Crippen LogP contribution in [0, 0.1) is 5.92 Å². The van der Waals surface area contributed by atoms with Crippen molar-refractivity contribution in [1.29, 1.82) is 0 Å². The summed E-state index contributed by atoms with van der Waals surface area (Å²) in [5, 5.41) is 23.9. The lowest BCUT2D eigenvalue weighted by molar-refractivity contribution is 0.0913. The number of pyridine rings is 1. The predicted octanol–water partition coefficient (Wildman–Crippen LogP) is 3.84. The summed E-state index contributed by atoms with van der Waals surface area (Å²) >= 11 is 0. The molecule has 2 N–H and O–H groups in total. The Morgan fingerprint density at radius 1 is 1.20 bits per heavy atom. The topological polar surface area (TPSA) is 83.8 Å². The van der Waals surface area contributed by atoms with Crippen LogP contribution in [0.5, 0.6) is 5.75 Å². The Morgan fingerprint density at radius 2 is 2.03 bits per heavy atom. The molecule has 0 unspecified atom stereocenters. The quantitative estimate of drug-likeness (QED) is 0.647. The Balaban J connectivity index is 1.44. The second-order valence-electron chi connectivity index (χ2n) is 8.66. The van der Waals surface area contributed by atoms with E-state index in [1.807, 2.05) is 25.1 Å². The van der Waals surface area contributed by atoms with Crippen LogP contribution in [0.4, 0.5) is 4.39 Å². The zero-order chi connectivity index (χ0) is 21.1. The van der Waals surface area contributed by atoms with Crippen LogP contribution >= 0.6 is 0 Å². The van der Waals surface area contributed by atoms with Crippen LogP contribution in [0.1, 0.15) is 26.0 Å². The first-order valence-corrected chi connectivity index (χ1v) is 9.88. The Bertz CT molecular complexity index is 1190. The van der Waals surface area contributed by atoms with Crippen LogP contribution in [-0.2, 0) is 0 Å². The molecule has 1 fully saturated rings. The number of nitrogens with zero attached hydrogens (tertiary/aromatic N) is 4. The van der Waals surface area contributed by atoms with Crippen LogP contribution in [0.3, 0.4) is 0 Å². The average molecular weight is 403 g/mol. The number of halogens is 1. The molecule has 2 bridgehead atoms. The first-order valence-electron chi connectivity index (χ1n) is 9.88. The lowest BCUT2D eigenvalue weighted by atomic mass is 9.74. The van der Waals surface area contributed by atoms with Gasteiger partial charge in [-0.25, -0.2) is 9.37 Å². The summed E-state index contributed by atoms with van der Waals surface area (Å²) in [4.78, 5) is 8.44. The van der Waals surface area contributed by atoms with Gasteiger partial charge in [0.25, 0.3) is 0 Å². The fourth-order valence-electron chi connectivity index (χ4n) is 4.65. The molecule has 0 radical (unpaired) electrons. The number of fused-ring (bicyclic) bond motifs is 3. The van der Waals surface area contributed by atoms with Gasteiger partial charge in [-0.2, -0.15) is 0 Å². The Labute approximate surface area is 173 Å². The molecule has 30 heavy (non-hydrogen) atoms. The van der Waals surface area contributed by atoms with E-state index in [4.69, 9.17) is 0 Å². The highest BCUT2D eigenvalue weighted by Gasteiger charge is 2.53. The second-order valence-corrected chi connectivity index (χ2v) is 8.66. The van der Waals surface area contributed by atoms with Crippen molar-refractivity contribution < 1.29 is 9.50 Å². The Kier molecular flexibility index (Phi) is 4.02. The molecule has 0 aliphatic carbocycles. The van der Waals surface area contributed by atoms with E-state index in [1.54, 1.807) is 30.7 Å². The molecular weight excluding hydrogens is 381 g/mol. The van der Waals surface area contributed by atoms with Gasteiger partial charge in [0.15, 0.2) is 5.82 Å². The minimum Gasteiger partial charge on any atom is -0.507 e. The molecular formula is C23H22FN5O. The zero-order valence-corrected chi connectivity index (χ0v) is 16.8. The van der Waals surface area contributed by atoms with Crippen LogP contribution in [0.15, 0.2) is 55.5 Å². The number of phenols is 1. The van der Waals surface area contributed by atoms with E-state index in [0.29, 0.717) is 29.1 Å². The molecule has 4 atom stereocenters. The minimum atomic E-state index is -1.13. The van der Waals surface area contributed by atoms with E-state index in [1.165, 1.54) is 0 Å². The largest absolute Gasteiger partial charge is 0.507 e. The SMILES string of the molecule is C=C(c1cnc(-c2cc3ccncc3cc2O)nn1)[C@H]1C[C@]2(C)C=C[C@@](C)(N2)[C@@H]1F. The van der Waals surface area contributed by atoms with Crippen LogP contribution in [-0.4, -0.2) is 42.5 Å². The number of hydrogen-bond acceptors (Lipinski definition) is 6. The highest BCUT2D eigenvalue weighted by molar-refractivity contribution is 5.88. The molecule has 1 aromatic carbocycles. The number of benzene rings is 1. The number of nitrogens with one attached hydrogen (secondary N) is 1. The van der Waals surface area contributed by atoms with Gasteiger partial charge in [-0.15, -0.1) is 10.2 Å². The number of piperidine rings is 1. The van der Waals surface area contributed by atoms with Crippen molar-refractivity contribution >= 4 is 16.3 Å². The zero-order valence-electron chi connectivity index (χ0n) is 16.8. The highest BCUT2D eigenvalue weighted by Crippen LogP contribution is 2.46. The van der Waals surface area contributed by atoms with E-state index < -0.39 is 11.7 Å². The summed E-state index contributed by atoms with van der Waals surface area (Å²) in [6, 6.07) is 5.28. The van der Waals surface area contributed by atoms with E-state index in [2.05, 4.69) is 39.0 Å². The lowest BCUT2D eigenvalue weighted by Gasteiger charge is -2.45. The van der Waals surface area contributed by atoms with Gasteiger partial charge < -0.3 is 5.11 Å². The van der Waals surface area contributed by atoms with Gasteiger partial charge in [0.2, 0.25) is 0 Å². The minimum absolute atomic E-state index is 0.0505. The van der Waals surface area contributed by atoms with E-state index in [0.717, 1.165) is 10.8 Å². The third-order valence-electron chi connectivity index (χ3n) is 6.26. The summed E-state index contributed by atoms with van der Waals surface area (Å²) in [6.45, 7) is 8.05. The Morgan fingerprint density at radius 3 is 2.80 bits per heavy atom. The van der Waals surface area contributed by atoms with E-state index >= 15 is 4.39 Å². The molecule has 5 rings (SSSR count). The fraction of sp³-hybridized carbons (Fsp3) is 0.304. The number of aromatic hydroxyl groups is 1. The third kappa shape index (κ3) is 2.89. The van der Waals surface area contributed by atoms with Crippen molar-refractivity contribution in [1.82, 2.24) is 25.5 Å².